The lowest BCUT2D eigenvalue weighted by molar-refractivity contribution is -0.155. The Labute approximate surface area is 182 Å². The topological polar surface area (TPSA) is 80.8 Å². The molecule has 0 aromatic rings. The molecule has 1 saturated heterocycles. The fourth-order valence-electron chi connectivity index (χ4n) is 4.02. The van der Waals surface area contributed by atoms with Crippen molar-refractivity contribution in [3.63, 3.8) is 0 Å². The first-order valence-electron chi connectivity index (χ1n) is 11.6. The number of nitrogens with zero attached hydrogens (tertiary/aromatic N) is 1. The smallest absolute Gasteiger partial charge is 0.306 e. The van der Waals surface area contributed by atoms with Gasteiger partial charge >= 0.3 is 5.97 Å². The first-order valence-corrected chi connectivity index (χ1v) is 11.6. The zero-order valence-electron chi connectivity index (χ0n) is 19.6. The largest absolute Gasteiger partial charge is 0.460 e. The molecule has 0 aromatic carbocycles. The van der Waals surface area contributed by atoms with E-state index in [1.165, 1.54) is 0 Å². The summed E-state index contributed by atoms with van der Waals surface area (Å²) in [7, 11) is 0. The normalized spacial score (nSPS) is 22.0. The Bertz CT molecular complexity index is 593. The molecule has 0 saturated carbocycles. The molecule has 1 heterocycles. The molecular weight excluding hydrogens is 382 g/mol. The van der Waals surface area contributed by atoms with E-state index in [4.69, 9.17) is 4.74 Å². The quantitative estimate of drug-likeness (QED) is 0.588. The second kappa shape index (κ2) is 12.9. The number of carbonyl (C=O) groups excluding carboxylic acids is 4. The third kappa shape index (κ3) is 10.4. The number of esters is 1. The number of carbonyl (C=O) groups is 4. The lowest BCUT2D eigenvalue weighted by atomic mass is 9.81. The van der Waals surface area contributed by atoms with Crippen LogP contribution in [0.5, 0.6) is 0 Å². The van der Waals surface area contributed by atoms with Crippen LogP contribution in [-0.4, -0.2) is 47.0 Å². The van der Waals surface area contributed by atoms with Crippen molar-refractivity contribution in [1.82, 2.24) is 4.90 Å². The molecular formula is C24H41NO5. The van der Waals surface area contributed by atoms with Crippen LogP contribution in [-0.2, 0) is 23.9 Å². The first-order chi connectivity index (χ1) is 14.0. The maximum absolute atomic E-state index is 13.3. The summed E-state index contributed by atoms with van der Waals surface area (Å²) in [5, 5.41) is 0. The summed E-state index contributed by atoms with van der Waals surface area (Å²) in [6.07, 6.45) is 6.06. The summed E-state index contributed by atoms with van der Waals surface area (Å²) in [5.74, 6) is -0.489. The molecule has 6 heteroatoms. The van der Waals surface area contributed by atoms with Crippen LogP contribution in [0.3, 0.4) is 0 Å². The third-order valence-corrected chi connectivity index (χ3v) is 5.70. The van der Waals surface area contributed by atoms with Gasteiger partial charge in [-0.2, -0.15) is 0 Å². The lowest BCUT2D eigenvalue weighted by Crippen LogP contribution is -2.32. The number of rotatable bonds is 6. The van der Waals surface area contributed by atoms with E-state index in [-0.39, 0.29) is 48.1 Å². The maximum atomic E-state index is 13.3. The molecule has 172 valence electrons. The average molecular weight is 424 g/mol. The molecule has 1 rings (SSSR count). The molecule has 0 aliphatic carbocycles. The van der Waals surface area contributed by atoms with Crippen molar-refractivity contribution < 1.29 is 23.9 Å². The molecule has 1 aliphatic rings. The minimum atomic E-state index is -0.542. The van der Waals surface area contributed by atoms with Crippen molar-refractivity contribution in [2.45, 2.75) is 104 Å². The fourth-order valence-corrected chi connectivity index (χ4v) is 4.02. The molecule has 1 amide bonds. The number of ether oxygens (including phenoxy) is 1. The predicted molar refractivity (Wildman–Crippen MR) is 117 cm³/mol. The summed E-state index contributed by atoms with van der Waals surface area (Å²) < 4.78 is 5.40. The highest BCUT2D eigenvalue weighted by atomic mass is 16.6. The van der Waals surface area contributed by atoms with Crippen molar-refractivity contribution in [3.05, 3.63) is 0 Å². The number of hydrogen-bond acceptors (Lipinski definition) is 5. The number of ketones is 2. The fraction of sp³-hybridized carbons (Fsp3) is 0.833. The molecule has 1 aliphatic heterocycles. The van der Waals surface area contributed by atoms with Crippen LogP contribution in [0.4, 0.5) is 0 Å². The average Bonchev–Trinajstić information content (AvgIpc) is 2.64. The minimum Gasteiger partial charge on any atom is -0.460 e. The zero-order valence-corrected chi connectivity index (χ0v) is 19.6. The van der Waals surface area contributed by atoms with Crippen LogP contribution in [0.2, 0.25) is 0 Å². The van der Waals surface area contributed by atoms with Crippen LogP contribution in [0.15, 0.2) is 0 Å². The third-order valence-electron chi connectivity index (χ3n) is 5.70. The van der Waals surface area contributed by atoms with Gasteiger partial charge < -0.3 is 9.64 Å². The minimum absolute atomic E-state index is 0.0855. The van der Waals surface area contributed by atoms with Crippen molar-refractivity contribution >= 4 is 23.4 Å². The van der Waals surface area contributed by atoms with Gasteiger partial charge in [-0.25, -0.2) is 0 Å². The lowest BCUT2D eigenvalue weighted by Gasteiger charge is -2.26. The number of amides is 1. The van der Waals surface area contributed by atoms with Gasteiger partial charge in [-0.3, -0.25) is 19.2 Å². The molecule has 0 radical (unpaired) electrons. The maximum Gasteiger partial charge on any atom is 0.306 e. The molecule has 0 N–H and O–H groups in total. The second-order valence-corrected chi connectivity index (χ2v) is 9.52. The summed E-state index contributed by atoms with van der Waals surface area (Å²) >= 11 is 0. The molecule has 2 unspecified atom stereocenters. The highest BCUT2D eigenvalue weighted by molar-refractivity contribution is 5.89. The van der Waals surface area contributed by atoms with Gasteiger partial charge in [0.2, 0.25) is 5.91 Å². The Morgan fingerprint density at radius 1 is 1.00 bits per heavy atom. The van der Waals surface area contributed by atoms with E-state index in [0.717, 1.165) is 25.7 Å². The predicted octanol–water partition coefficient (Wildman–Crippen LogP) is 4.48. The van der Waals surface area contributed by atoms with Crippen LogP contribution in [0, 0.1) is 11.8 Å². The van der Waals surface area contributed by atoms with Gasteiger partial charge in [0.25, 0.3) is 0 Å². The number of Topliss-reactive ketones (excluding diaryl/α,β-unsaturated/α-hetero) is 2. The monoisotopic (exact) mass is 423 g/mol. The van der Waals surface area contributed by atoms with Crippen LogP contribution in [0.1, 0.15) is 98.8 Å². The van der Waals surface area contributed by atoms with E-state index in [0.29, 0.717) is 38.8 Å². The standard InChI is InChI=1S/C24H41NO5/c1-6-21(27)17-20-12-8-10-16-25(18(2)26)15-9-7-11-19(23(20)29)13-14-22(28)30-24(3,4)5/h19-20H,6-17H2,1-5H3. The van der Waals surface area contributed by atoms with Crippen molar-refractivity contribution in [3.8, 4) is 0 Å². The van der Waals surface area contributed by atoms with E-state index in [1.54, 1.807) is 6.92 Å². The van der Waals surface area contributed by atoms with Gasteiger partial charge in [0.1, 0.15) is 17.2 Å². The Hall–Kier alpha value is -1.72. The molecule has 0 bridgehead atoms. The molecule has 2 atom stereocenters. The van der Waals surface area contributed by atoms with Crippen molar-refractivity contribution in [2.75, 3.05) is 13.1 Å². The number of hydrogen-bond donors (Lipinski definition) is 0. The van der Waals surface area contributed by atoms with Gasteiger partial charge in [-0.05, 0) is 52.9 Å². The van der Waals surface area contributed by atoms with Gasteiger partial charge in [0.15, 0.2) is 0 Å². The van der Waals surface area contributed by atoms with E-state index in [1.807, 2.05) is 32.6 Å². The molecule has 1 fully saturated rings. The Morgan fingerprint density at radius 2 is 1.57 bits per heavy atom. The van der Waals surface area contributed by atoms with Crippen LogP contribution >= 0.6 is 0 Å². The van der Waals surface area contributed by atoms with Crippen LogP contribution in [0.25, 0.3) is 0 Å². The van der Waals surface area contributed by atoms with Gasteiger partial charge in [0.05, 0.1) is 0 Å². The highest BCUT2D eigenvalue weighted by Crippen LogP contribution is 2.27. The summed E-state index contributed by atoms with van der Waals surface area (Å²) in [6, 6.07) is 0. The molecule has 6 nitrogen and oxygen atoms in total. The summed E-state index contributed by atoms with van der Waals surface area (Å²) in [4.78, 5) is 51.3. The van der Waals surface area contributed by atoms with Crippen LogP contribution < -0.4 is 0 Å². The van der Waals surface area contributed by atoms with Gasteiger partial charge in [0, 0.05) is 51.1 Å². The Kier molecular flexibility index (Phi) is 11.3. The van der Waals surface area contributed by atoms with Crippen molar-refractivity contribution in [2.24, 2.45) is 11.8 Å². The summed E-state index contributed by atoms with van der Waals surface area (Å²) in [5.41, 5.74) is -0.542. The highest BCUT2D eigenvalue weighted by Gasteiger charge is 2.29. The second-order valence-electron chi connectivity index (χ2n) is 9.52. The Balaban J connectivity index is 2.88. The van der Waals surface area contributed by atoms with Gasteiger partial charge in [-0.15, -0.1) is 0 Å². The van der Waals surface area contributed by atoms with Gasteiger partial charge in [-0.1, -0.05) is 19.8 Å². The van der Waals surface area contributed by atoms with E-state index in [9.17, 15) is 19.2 Å². The SMILES string of the molecule is CCC(=O)CC1CCCCN(C(C)=O)CCCCC(CCC(=O)OC(C)(C)C)C1=O. The molecule has 30 heavy (non-hydrogen) atoms. The van der Waals surface area contributed by atoms with E-state index in [2.05, 4.69) is 0 Å². The Morgan fingerprint density at radius 3 is 2.07 bits per heavy atom. The summed E-state index contributed by atoms with van der Waals surface area (Å²) in [6.45, 7) is 10.3. The molecule has 0 spiro atoms. The van der Waals surface area contributed by atoms with Crippen molar-refractivity contribution in [1.29, 1.82) is 0 Å². The van der Waals surface area contributed by atoms with E-state index >= 15 is 0 Å². The molecule has 0 aromatic heterocycles. The first kappa shape index (κ1) is 26.3. The van der Waals surface area contributed by atoms with E-state index < -0.39 is 5.60 Å². The zero-order chi connectivity index (χ0) is 22.7.